The molecule has 0 aliphatic rings. The molecular formula is C20H27NO. The molecule has 0 fully saturated rings. The Morgan fingerprint density at radius 2 is 1.73 bits per heavy atom. The average Bonchev–Trinajstić information content (AvgIpc) is 2.58. The van der Waals surface area contributed by atoms with Crippen molar-refractivity contribution in [2.75, 3.05) is 0 Å². The van der Waals surface area contributed by atoms with E-state index >= 15 is 0 Å². The van der Waals surface area contributed by atoms with E-state index in [2.05, 4.69) is 42.2 Å². The number of nitrogens with zero attached hydrogens (tertiary/aromatic N) is 1. The molecule has 0 aliphatic heterocycles. The Kier molecular flexibility index (Phi) is 7.11. The quantitative estimate of drug-likeness (QED) is 0.670. The molecule has 2 aromatic rings. The molecule has 0 saturated carbocycles. The van der Waals surface area contributed by atoms with Gasteiger partial charge in [0, 0.05) is 11.9 Å². The van der Waals surface area contributed by atoms with Crippen LogP contribution >= 0.6 is 0 Å². The van der Waals surface area contributed by atoms with Crippen molar-refractivity contribution in [2.45, 2.75) is 58.0 Å². The third kappa shape index (κ3) is 5.27. The molecule has 2 heteroatoms. The molecule has 0 saturated heterocycles. The Morgan fingerprint density at radius 1 is 0.955 bits per heavy atom. The first-order chi connectivity index (χ1) is 10.8. The van der Waals surface area contributed by atoms with Crippen LogP contribution in [0.5, 0.6) is 0 Å². The van der Waals surface area contributed by atoms with Crippen molar-refractivity contribution in [3.63, 3.8) is 0 Å². The minimum Gasteiger partial charge on any atom is -0.392 e. The number of aliphatic hydroxyl groups is 1. The number of unbranched alkanes of at least 4 members (excludes halogenated alkanes) is 3. The topological polar surface area (TPSA) is 33.1 Å². The lowest BCUT2D eigenvalue weighted by atomic mass is 9.95. The minimum absolute atomic E-state index is 0.0879. The minimum atomic E-state index is 0.0879. The van der Waals surface area contributed by atoms with E-state index in [1.807, 2.05) is 18.3 Å². The van der Waals surface area contributed by atoms with Crippen LogP contribution in [0, 0.1) is 0 Å². The summed E-state index contributed by atoms with van der Waals surface area (Å²) in [4.78, 5) is 4.44. The van der Waals surface area contributed by atoms with Crippen LogP contribution in [0.1, 0.15) is 61.8 Å². The molecule has 1 N–H and O–H groups in total. The maximum atomic E-state index is 9.38. The van der Waals surface area contributed by atoms with Gasteiger partial charge in [-0.2, -0.15) is 0 Å². The fraction of sp³-hybridized carbons (Fsp3) is 0.450. The molecule has 0 bridgehead atoms. The van der Waals surface area contributed by atoms with Gasteiger partial charge in [0.05, 0.1) is 6.61 Å². The van der Waals surface area contributed by atoms with Crippen molar-refractivity contribution >= 4 is 0 Å². The molecule has 0 aliphatic carbocycles. The van der Waals surface area contributed by atoms with Crippen LogP contribution in [-0.4, -0.2) is 10.1 Å². The third-order valence-corrected chi connectivity index (χ3v) is 4.26. The predicted molar refractivity (Wildman–Crippen MR) is 91.8 cm³/mol. The van der Waals surface area contributed by atoms with E-state index < -0.39 is 0 Å². The molecule has 0 amide bonds. The second kappa shape index (κ2) is 9.37. The van der Waals surface area contributed by atoms with Gasteiger partial charge in [-0.25, -0.2) is 0 Å². The number of pyridine rings is 1. The molecule has 1 atom stereocenters. The summed E-state index contributed by atoms with van der Waals surface area (Å²) in [6.45, 7) is 2.30. The summed E-state index contributed by atoms with van der Waals surface area (Å²) >= 11 is 0. The van der Waals surface area contributed by atoms with Crippen LogP contribution in [0.25, 0.3) is 0 Å². The lowest BCUT2D eigenvalue weighted by Crippen LogP contribution is -2.02. The Morgan fingerprint density at radius 3 is 2.50 bits per heavy atom. The van der Waals surface area contributed by atoms with Gasteiger partial charge in [-0.15, -0.1) is 0 Å². The van der Waals surface area contributed by atoms with Gasteiger partial charge in [0.25, 0.3) is 0 Å². The highest BCUT2D eigenvalue weighted by molar-refractivity contribution is 5.21. The molecule has 0 radical (unpaired) electrons. The number of aromatic nitrogens is 1. The third-order valence-electron chi connectivity index (χ3n) is 4.26. The predicted octanol–water partition coefficient (Wildman–Crippen LogP) is 4.87. The van der Waals surface area contributed by atoms with Crippen LogP contribution in [0.3, 0.4) is 0 Å². The Labute approximate surface area is 134 Å². The van der Waals surface area contributed by atoms with Crippen LogP contribution in [0.2, 0.25) is 0 Å². The highest BCUT2D eigenvalue weighted by atomic mass is 16.3. The molecule has 1 aromatic carbocycles. The summed E-state index contributed by atoms with van der Waals surface area (Å²) in [7, 11) is 0. The monoisotopic (exact) mass is 297 g/mol. The van der Waals surface area contributed by atoms with Crippen molar-refractivity contribution in [3.8, 4) is 0 Å². The van der Waals surface area contributed by atoms with Crippen LogP contribution in [-0.2, 0) is 13.0 Å². The van der Waals surface area contributed by atoms with Crippen molar-refractivity contribution in [1.29, 1.82) is 0 Å². The zero-order valence-corrected chi connectivity index (χ0v) is 13.5. The maximum Gasteiger partial charge on any atom is 0.0699 e. The van der Waals surface area contributed by atoms with Crippen molar-refractivity contribution < 1.29 is 5.11 Å². The van der Waals surface area contributed by atoms with E-state index in [1.165, 1.54) is 37.7 Å². The molecule has 0 spiro atoms. The molecule has 118 valence electrons. The van der Waals surface area contributed by atoms with Crippen LogP contribution < -0.4 is 0 Å². The number of benzene rings is 1. The second-order valence-corrected chi connectivity index (χ2v) is 6.05. The van der Waals surface area contributed by atoms with Crippen LogP contribution in [0.15, 0.2) is 48.7 Å². The summed E-state index contributed by atoms with van der Waals surface area (Å²) in [5, 5.41) is 9.38. The molecule has 1 heterocycles. The van der Waals surface area contributed by atoms with Crippen molar-refractivity contribution in [1.82, 2.24) is 4.98 Å². The summed E-state index contributed by atoms with van der Waals surface area (Å²) < 4.78 is 0. The van der Waals surface area contributed by atoms with Gasteiger partial charge in [-0.1, -0.05) is 62.6 Å². The molecular weight excluding hydrogens is 270 g/mol. The van der Waals surface area contributed by atoms with E-state index in [4.69, 9.17) is 0 Å². The van der Waals surface area contributed by atoms with Gasteiger partial charge in [-0.05, 0) is 42.4 Å². The Bertz CT molecular complexity index is 538. The summed E-state index contributed by atoms with van der Waals surface area (Å²) in [6, 6.07) is 14.6. The lowest BCUT2D eigenvalue weighted by molar-refractivity contribution is 0.279. The van der Waals surface area contributed by atoms with Crippen molar-refractivity contribution in [3.05, 3.63) is 65.5 Å². The van der Waals surface area contributed by atoms with Gasteiger partial charge in [0.2, 0.25) is 0 Å². The summed E-state index contributed by atoms with van der Waals surface area (Å²) in [5.74, 6) is 0.428. The highest BCUT2D eigenvalue weighted by Gasteiger charge is 2.10. The molecule has 22 heavy (non-hydrogen) atoms. The first-order valence-corrected chi connectivity index (χ1v) is 8.40. The average molecular weight is 297 g/mol. The number of rotatable bonds is 9. The largest absolute Gasteiger partial charge is 0.392 e. The second-order valence-electron chi connectivity index (χ2n) is 6.05. The van der Waals surface area contributed by atoms with E-state index in [1.54, 1.807) is 0 Å². The van der Waals surface area contributed by atoms with Gasteiger partial charge in [-0.3, -0.25) is 4.98 Å². The molecule has 2 rings (SSSR count). The van der Waals surface area contributed by atoms with Gasteiger partial charge >= 0.3 is 0 Å². The Hall–Kier alpha value is -1.67. The number of hydrogen-bond acceptors (Lipinski definition) is 2. The van der Waals surface area contributed by atoms with E-state index in [9.17, 15) is 5.11 Å². The van der Waals surface area contributed by atoms with E-state index in [0.29, 0.717) is 5.92 Å². The smallest absolute Gasteiger partial charge is 0.0699 e. The number of aliphatic hydroxyl groups excluding tert-OH is 1. The highest BCUT2D eigenvalue weighted by Crippen LogP contribution is 2.23. The first-order valence-electron chi connectivity index (χ1n) is 8.40. The number of hydrogen-bond donors (Lipinski definition) is 1. The first kappa shape index (κ1) is 16.7. The van der Waals surface area contributed by atoms with Gasteiger partial charge < -0.3 is 5.11 Å². The summed E-state index contributed by atoms with van der Waals surface area (Å²) in [6.07, 6.45) is 9.22. The SMILES string of the molecule is CC(CCCCCCc1ccccc1)c1ncccc1CO. The molecule has 2 nitrogen and oxygen atoms in total. The van der Waals surface area contributed by atoms with E-state index in [0.717, 1.165) is 17.7 Å². The van der Waals surface area contributed by atoms with Gasteiger partial charge in [0.15, 0.2) is 0 Å². The zero-order chi connectivity index (χ0) is 15.6. The Balaban J connectivity index is 1.64. The number of aryl methyl sites for hydroxylation is 1. The maximum absolute atomic E-state index is 9.38. The lowest BCUT2D eigenvalue weighted by Gasteiger charge is -2.14. The fourth-order valence-corrected chi connectivity index (χ4v) is 2.94. The van der Waals surface area contributed by atoms with Gasteiger partial charge in [0.1, 0.15) is 0 Å². The zero-order valence-electron chi connectivity index (χ0n) is 13.5. The molecule has 1 aromatic heterocycles. The van der Waals surface area contributed by atoms with Crippen molar-refractivity contribution in [2.24, 2.45) is 0 Å². The van der Waals surface area contributed by atoms with E-state index in [-0.39, 0.29) is 6.61 Å². The normalized spacial score (nSPS) is 12.3. The standard InChI is InChI=1S/C20H27NO/c1-17(20-19(16-22)14-9-15-21-20)10-5-2-3-6-11-18-12-7-4-8-13-18/h4,7-9,12-15,17,22H,2-3,5-6,10-11,16H2,1H3. The summed E-state index contributed by atoms with van der Waals surface area (Å²) in [5.41, 5.74) is 3.48. The fourth-order valence-electron chi connectivity index (χ4n) is 2.94. The molecule has 1 unspecified atom stereocenters. The van der Waals surface area contributed by atoms with Crippen LogP contribution in [0.4, 0.5) is 0 Å².